The van der Waals surface area contributed by atoms with E-state index in [1.807, 2.05) is 54.6 Å². The summed E-state index contributed by atoms with van der Waals surface area (Å²) in [5.74, 6) is 2.28. The van der Waals surface area contributed by atoms with Gasteiger partial charge in [-0.1, -0.05) is 18.2 Å². The molecule has 0 bridgehead atoms. The Balaban J connectivity index is 1.98. The third-order valence-corrected chi connectivity index (χ3v) is 2.16. The zero-order valence-corrected chi connectivity index (χ0v) is 9.37. The monoisotopic (exact) mass is 227 g/mol. The van der Waals surface area contributed by atoms with Crippen molar-refractivity contribution in [2.45, 2.75) is 0 Å². The highest BCUT2D eigenvalue weighted by atomic mass is 16.5. The number of para-hydroxylation sites is 1. The lowest BCUT2D eigenvalue weighted by Gasteiger charge is -2.07. The van der Waals surface area contributed by atoms with Gasteiger partial charge in [0.05, 0.1) is 6.54 Å². The first-order valence-corrected chi connectivity index (χ1v) is 5.45. The molecular formula is C14H13NO2. The van der Waals surface area contributed by atoms with Crippen LogP contribution in [0.25, 0.3) is 0 Å². The summed E-state index contributed by atoms with van der Waals surface area (Å²) in [6.07, 6.45) is 0. The molecule has 86 valence electrons. The van der Waals surface area contributed by atoms with Crippen LogP contribution in [0.5, 0.6) is 17.2 Å². The highest BCUT2D eigenvalue weighted by Gasteiger charge is 1.97. The van der Waals surface area contributed by atoms with Crippen molar-refractivity contribution in [2.75, 3.05) is 13.2 Å². The minimum Gasteiger partial charge on any atom is -0.492 e. The van der Waals surface area contributed by atoms with Gasteiger partial charge in [-0.3, -0.25) is 0 Å². The van der Waals surface area contributed by atoms with E-state index in [0.29, 0.717) is 6.61 Å². The van der Waals surface area contributed by atoms with Crippen LogP contribution in [0.1, 0.15) is 0 Å². The fourth-order valence-electron chi connectivity index (χ4n) is 1.39. The lowest BCUT2D eigenvalue weighted by molar-refractivity contribution is 0.326. The van der Waals surface area contributed by atoms with Gasteiger partial charge in [0.25, 0.3) is 0 Å². The minimum absolute atomic E-state index is 0.0161. The molecule has 2 rings (SSSR count). The summed E-state index contributed by atoms with van der Waals surface area (Å²) in [4.78, 5) is 0. The van der Waals surface area contributed by atoms with Crippen LogP contribution in [-0.2, 0) is 0 Å². The Morgan fingerprint density at radius 3 is 2.00 bits per heavy atom. The Kier molecular flexibility index (Phi) is 4.00. The molecule has 2 aromatic rings. The van der Waals surface area contributed by atoms with Crippen LogP contribution in [0.3, 0.4) is 0 Å². The average Bonchev–Trinajstić information content (AvgIpc) is 2.39. The average molecular weight is 227 g/mol. The Hall–Kier alpha value is -2.00. The van der Waals surface area contributed by atoms with Gasteiger partial charge in [0, 0.05) is 0 Å². The lowest BCUT2D eigenvalue weighted by Crippen LogP contribution is -2.02. The molecule has 0 aliphatic rings. The van der Waals surface area contributed by atoms with Crippen molar-refractivity contribution in [2.24, 2.45) is 0 Å². The third-order valence-electron chi connectivity index (χ3n) is 2.16. The molecule has 3 nitrogen and oxygen atoms in total. The van der Waals surface area contributed by atoms with E-state index in [2.05, 4.69) is 0 Å². The quantitative estimate of drug-likeness (QED) is 0.788. The zero-order chi connectivity index (χ0) is 11.9. The van der Waals surface area contributed by atoms with Crippen molar-refractivity contribution >= 4 is 0 Å². The Morgan fingerprint density at radius 2 is 1.35 bits per heavy atom. The normalized spacial score (nSPS) is 9.94. The Labute approximate surface area is 101 Å². The predicted octanol–water partition coefficient (Wildman–Crippen LogP) is 2.93. The summed E-state index contributed by atoms with van der Waals surface area (Å²) in [6, 6.07) is 16.9. The summed E-state index contributed by atoms with van der Waals surface area (Å²) in [5, 5.41) is 0. The predicted molar refractivity (Wildman–Crippen MR) is 65.5 cm³/mol. The van der Waals surface area contributed by atoms with Gasteiger partial charge in [-0.2, -0.15) is 0 Å². The second-order valence-corrected chi connectivity index (χ2v) is 3.46. The molecule has 0 heterocycles. The molecular weight excluding hydrogens is 214 g/mol. The van der Waals surface area contributed by atoms with Gasteiger partial charge < -0.3 is 9.47 Å². The maximum atomic E-state index is 8.63. The fraction of sp³-hybridized carbons (Fsp3) is 0.143. The van der Waals surface area contributed by atoms with Crippen LogP contribution in [0, 0.1) is 0 Å². The van der Waals surface area contributed by atoms with Gasteiger partial charge in [0.2, 0.25) is 0 Å². The molecule has 17 heavy (non-hydrogen) atoms. The molecule has 0 unspecified atom stereocenters. The molecule has 2 aromatic carbocycles. The van der Waals surface area contributed by atoms with Crippen molar-refractivity contribution in [1.82, 2.24) is 5.73 Å². The zero-order valence-electron chi connectivity index (χ0n) is 9.37. The molecule has 2 radical (unpaired) electrons. The highest BCUT2D eigenvalue weighted by Crippen LogP contribution is 2.23. The molecule has 0 aliphatic heterocycles. The summed E-state index contributed by atoms with van der Waals surface area (Å²) < 4.78 is 10.9. The van der Waals surface area contributed by atoms with Gasteiger partial charge in [-0.25, -0.2) is 0 Å². The largest absolute Gasteiger partial charge is 0.492 e. The smallest absolute Gasteiger partial charge is 0.127 e. The summed E-state index contributed by atoms with van der Waals surface area (Å²) >= 11 is 0. The first-order valence-electron chi connectivity index (χ1n) is 5.45. The van der Waals surface area contributed by atoms with Crippen molar-refractivity contribution in [3.8, 4) is 17.2 Å². The van der Waals surface area contributed by atoms with Crippen LogP contribution < -0.4 is 15.2 Å². The molecule has 0 amide bonds. The van der Waals surface area contributed by atoms with Crippen LogP contribution in [0.15, 0.2) is 54.6 Å². The number of nitrogens with zero attached hydrogens (tertiary/aromatic N) is 1. The second-order valence-electron chi connectivity index (χ2n) is 3.46. The maximum Gasteiger partial charge on any atom is 0.127 e. The molecule has 3 heteroatoms. The topological polar surface area (TPSA) is 40.8 Å². The van der Waals surface area contributed by atoms with Gasteiger partial charge >= 0.3 is 0 Å². The Bertz CT molecular complexity index is 440. The second kappa shape index (κ2) is 5.92. The Morgan fingerprint density at radius 1 is 0.765 bits per heavy atom. The van der Waals surface area contributed by atoms with Gasteiger partial charge in [-0.15, -0.1) is 5.73 Å². The van der Waals surface area contributed by atoms with Crippen molar-refractivity contribution in [3.05, 3.63) is 54.6 Å². The SMILES string of the molecule is [N]CCOc1ccc(Oc2ccccc2)cc1. The van der Waals surface area contributed by atoms with Crippen molar-refractivity contribution < 1.29 is 9.47 Å². The van der Waals surface area contributed by atoms with E-state index in [0.717, 1.165) is 17.2 Å². The molecule has 0 atom stereocenters. The van der Waals surface area contributed by atoms with E-state index in [1.165, 1.54) is 0 Å². The number of benzene rings is 2. The first kappa shape index (κ1) is 11.5. The molecule has 0 saturated heterocycles. The van der Waals surface area contributed by atoms with Crippen molar-refractivity contribution in [1.29, 1.82) is 0 Å². The molecule has 0 saturated carbocycles. The van der Waals surface area contributed by atoms with E-state index >= 15 is 0 Å². The van der Waals surface area contributed by atoms with Gasteiger partial charge in [0.15, 0.2) is 0 Å². The molecule has 0 fully saturated rings. The number of hydrogen-bond donors (Lipinski definition) is 0. The third kappa shape index (κ3) is 3.50. The summed E-state index contributed by atoms with van der Waals surface area (Å²) in [5.41, 5.74) is 8.63. The molecule has 0 aromatic heterocycles. The standard InChI is InChI=1S/C14H13NO2/c15-10-11-16-12-6-8-14(9-7-12)17-13-4-2-1-3-5-13/h1-9H,10-11H2. The molecule has 0 spiro atoms. The number of ether oxygens (including phenoxy) is 2. The van der Waals surface area contributed by atoms with Crippen LogP contribution >= 0.6 is 0 Å². The minimum atomic E-state index is 0.0161. The summed E-state index contributed by atoms with van der Waals surface area (Å²) in [6.45, 7) is 0.321. The molecule has 0 N–H and O–H groups in total. The van der Waals surface area contributed by atoms with Crippen molar-refractivity contribution in [3.63, 3.8) is 0 Å². The highest BCUT2D eigenvalue weighted by molar-refractivity contribution is 5.35. The van der Waals surface area contributed by atoms with Gasteiger partial charge in [0.1, 0.15) is 23.9 Å². The van der Waals surface area contributed by atoms with E-state index in [-0.39, 0.29) is 6.54 Å². The van der Waals surface area contributed by atoms with Crippen LogP contribution in [0.4, 0.5) is 0 Å². The first-order chi connectivity index (χ1) is 8.38. The van der Waals surface area contributed by atoms with Crippen LogP contribution in [0.2, 0.25) is 0 Å². The van der Waals surface area contributed by atoms with Crippen LogP contribution in [-0.4, -0.2) is 13.2 Å². The van der Waals surface area contributed by atoms with E-state index in [4.69, 9.17) is 15.2 Å². The van der Waals surface area contributed by atoms with E-state index < -0.39 is 0 Å². The lowest BCUT2D eigenvalue weighted by atomic mass is 10.3. The molecule has 0 aliphatic carbocycles. The van der Waals surface area contributed by atoms with E-state index in [9.17, 15) is 0 Å². The van der Waals surface area contributed by atoms with Gasteiger partial charge in [-0.05, 0) is 36.4 Å². The number of rotatable bonds is 5. The number of hydrogen-bond acceptors (Lipinski definition) is 2. The fourth-order valence-corrected chi connectivity index (χ4v) is 1.39. The maximum absolute atomic E-state index is 8.63. The van der Waals surface area contributed by atoms with E-state index in [1.54, 1.807) is 0 Å². The summed E-state index contributed by atoms with van der Waals surface area (Å²) in [7, 11) is 0.